The fourth-order valence-corrected chi connectivity index (χ4v) is 1.09. The fraction of sp³-hybridized carbons (Fsp3) is 0.333. The molecule has 0 amide bonds. The number of nitrogen functional groups attached to an aromatic ring is 1. The van der Waals surface area contributed by atoms with Crippen molar-refractivity contribution in [3.05, 3.63) is 29.6 Å². The Hall–Kier alpha value is -1.09. The molecule has 0 radical (unpaired) electrons. The van der Waals surface area contributed by atoms with Crippen molar-refractivity contribution in [3.8, 4) is 0 Å². The predicted octanol–water partition coefficient (Wildman–Crippen LogP) is 1.82. The van der Waals surface area contributed by atoms with Crippen LogP contribution in [-0.2, 0) is 0 Å². The molecule has 1 aromatic carbocycles. The average Bonchev–Trinajstić information content (AvgIpc) is 2.08. The predicted molar refractivity (Wildman–Crippen MR) is 48.0 cm³/mol. The number of nitrogens with two attached hydrogens (primary N) is 2. The zero-order valence-corrected chi connectivity index (χ0v) is 7.05. The van der Waals surface area contributed by atoms with E-state index in [4.69, 9.17) is 11.5 Å². The van der Waals surface area contributed by atoms with Gasteiger partial charge in [-0.1, -0.05) is 6.92 Å². The summed E-state index contributed by atoms with van der Waals surface area (Å²) in [6.07, 6.45) is 0.758. The summed E-state index contributed by atoms with van der Waals surface area (Å²) < 4.78 is 12.7. The van der Waals surface area contributed by atoms with Crippen molar-refractivity contribution in [1.82, 2.24) is 0 Å². The van der Waals surface area contributed by atoms with Crippen LogP contribution in [0.5, 0.6) is 0 Å². The number of hydrogen-bond acceptors (Lipinski definition) is 2. The van der Waals surface area contributed by atoms with Crippen LogP contribution in [0, 0.1) is 5.82 Å². The highest BCUT2D eigenvalue weighted by Crippen LogP contribution is 2.21. The van der Waals surface area contributed by atoms with Crippen LogP contribution in [-0.4, -0.2) is 0 Å². The van der Waals surface area contributed by atoms with E-state index < -0.39 is 0 Å². The maximum Gasteiger partial charge on any atom is 0.123 e. The molecule has 0 heterocycles. The summed E-state index contributed by atoms with van der Waals surface area (Å²) in [5, 5.41) is 0. The van der Waals surface area contributed by atoms with E-state index in [1.807, 2.05) is 6.92 Å². The third kappa shape index (κ3) is 1.74. The Balaban J connectivity index is 3.04. The van der Waals surface area contributed by atoms with E-state index >= 15 is 0 Å². The van der Waals surface area contributed by atoms with Gasteiger partial charge in [-0.05, 0) is 30.2 Å². The van der Waals surface area contributed by atoms with Gasteiger partial charge in [0.05, 0.1) is 0 Å². The van der Waals surface area contributed by atoms with Crippen LogP contribution in [0.2, 0.25) is 0 Å². The summed E-state index contributed by atoms with van der Waals surface area (Å²) >= 11 is 0. The van der Waals surface area contributed by atoms with E-state index in [2.05, 4.69) is 0 Å². The van der Waals surface area contributed by atoms with Crippen LogP contribution in [0.4, 0.5) is 10.1 Å². The number of benzene rings is 1. The lowest BCUT2D eigenvalue weighted by atomic mass is 10.0. The van der Waals surface area contributed by atoms with E-state index in [1.54, 1.807) is 6.07 Å². The Morgan fingerprint density at radius 2 is 2.17 bits per heavy atom. The van der Waals surface area contributed by atoms with Crippen LogP contribution in [0.1, 0.15) is 24.9 Å². The second-order valence-corrected chi connectivity index (χ2v) is 2.79. The van der Waals surface area contributed by atoms with Gasteiger partial charge in [-0.2, -0.15) is 0 Å². The zero-order chi connectivity index (χ0) is 9.14. The van der Waals surface area contributed by atoms with E-state index in [0.717, 1.165) is 6.42 Å². The second kappa shape index (κ2) is 3.54. The molecule has 4 N–H and O–H groups in total. The lowest BCUT2D eigenvalue weighted by Gasteiger charge is -2.11. The lowest BCUT2D eigenvalue weighted by molar-refractivity contribution is 0.617. The smallest absolute Gasteiger partial charge is 0.123 e. The molecule has 12 heavy (non-hydrogen) atoms. The molecular weight excluding hydrogens is 155 g/mol. The Kier molecular flexibility index (Phi) is 2.65. The highest BCUT2D eigenvalue weighted by atomic mass is 19.1. The lowest BCUT2D eigenvalue weighted by Crippen LogP contribution is -2.11. The van der Waals surface area contributed by atoms with E-state index in [9.17, 15) is 4.39 Å². The largest absolute Gasteiger partial charge is 0.398 e. The molecule has 0 saturated carbocycles. The van der Waals surface area contributed by atoms with Gasteiger partial charge < -0.3 is 11.5 Å². The van der Waals surface area contributed by atoms with E-state index in [1.165, 1.54) is 12.1 Å². The summed E-state index contributed by atoms with van der Waals surface area (Å²) in [4.78, 5) is 0. The minimum atomic E-state index is -0.289. The van der Waals surface area contributed by atoms with Crippen LogP contribution >= 0.6 is 0 Å². The Morgan fingerprint density at radius 3 is 2.75 bits per heavy atom. The first-order valence-electron chi connectivity index (χ1n) is 3.95. The molecule has 0 spiro atoms. The van der Waals surface area contributed by atoms with Crippen LogP contribution < -0.4 is 11.5 Å². The summed E-state index contributed by atoms with van der Waals surface area (Å²) in [5.41, 5.74) is 12.6. The molecule has 0 aliphatic rings. The second-order valence-electron chi connectivity index (χ2n) is 2.79. The van der Waals surface area contributed by atoms with Crippen molar-refractivity contribution in [3.63, 3.8) is 0 Å². The molecule has 0 aliphatic heterocycles. The minimum absolute atomic E-state index is 0.166. The van der Waals surface area contributed by atoms with Gasteiger partial charge in [-0.3, -0.25) is 0 Å². The molecule has 2 nitrogen and oxygen atoms in total. The normalized spacial score (nSPS) is 12.9. The minimum Gasteiger partial charge on any atom is -0.398 e. The summed E-state index contributed by atoms with van der Waals surface area (Å²) in [6, 6.07) is 4.10. The standard InChI is InChI=1S/C9H13FN2/c1-2-8(11)7-5-6(10)3-4-9(7)12/h3-5,8H,2,11-12H2,1H3/t8-/m0/s1. The third-order valence-corrected chi connectivity index (χ3v) is 1.89. The van der Waals surface area contributed by atoms with Gasteiger partial charge in [-0.25, -0.2) is 4.39 Å². The molecule has 0 saturated heterocycles. The number of anilines is 1. The molecule has 3 heteroatoms. The Morgan fingerprint density at radius 1 is 1.50 bits per heavy atom. The SMILES string of the molecule is CC[C@H](N)c1cc(F)ccc1N. The van der Waals surface area contributed by atoms with Gasteiger partial charge in [0.25, 0.3) is 0 Å². The number of hydrogen-bond donors (Lipinski definition) is 2. The van der Waals surface area contributed by atoms with Crippen LogP contribution in [0.15, 0.2) is 18.2 Å². The van der Waals surface area contributed by atoms with E-state index in [-0.39, 0.29) is 11.9 Å². The fourth-order valence-electron chi connectivity index (χ4n) is 1.09. The summed E-state index contributed by atoms with van der Waals surface area (Å²) in [6.45, 7) is 1.94. The average molecular weight is 168 g/mol. The Labute approximate surface area is 71.4 Å². The van der Waals surface area contributed by atoms with Gasteiger partial charge in [0.15, 0.2) is 0 Å². The molecule has 0 unspecified atom stereocenters. The van der Waals surface area contributed by atoms with Gasteiger partial charge >= 0.3 is 0 Å². The van der Waals surface area contributed by atoms with Gasteiger partial charge in [0, 0.05) is 11.7 Å². The monoisotopic (exact) mass is 168 g/mol. The zero-order valence-electron chi connectivity index (χ0n) is 7.05. The highest BCUT2D eigenvalue weighted by Gasteiger charge is 2.07. The quantitative estimate of drug-likeness (QED) is 0.662. The highest BCUT2D eigenvalue weighted by molar-refractivity contribution is 5.48. The third-order valence-electron chi connectivity index (χ3n) is 1.89. The van der Waals surface area contributed by atoms with Crippen molar-refractivity contribution in [2.24, 2.45) is 5.73 Å². The summed E-state index contributed by atoms with van der Waals surface area (Å²) in [5.74, 6) is -0.289. The van der Waals surface area contributed by atoms with Crippen molar-refractivity contribution < 1.29 is 4.39 Å². The first-order chi connectivity index (χ1) is 5.65. The first-order valence-corrected chi connectivity index (χ1v) is 3.95. The van der Waals surface area contributed by atoms with Crippen LogP contribution in [0.3, 0.4) is 0 Å². The molecular formula is C9H13FN2. The van der Waals surface area contributed by atoms with Crippen molar-refractivity contribution in [2.75, 3.05) is 5.73 Å². The number of rotatable bonds is 2. The Bertz CT molecular complexity index is 273. The molecule has 0 aromatic heterocycles. The van der Waals surface area contributed by atoms with E-state index in [0.29, 0.717) is 11.3 Å². The molecule has 0 aliphatic carbocycles. The molecule has 1 rings (SSSR count). The molecule has 0 fully saturated rings. The van der Waals surface area contributed by atoms with Gasteiger partial charge in [0.1, 0.15) is 5.82 Å². The molecule has 0 bridgehead atoms. The summed E-state index contributed by atoms with van der Waals surface area (Å²) in [7, 11) is 0. The van der Waals surface area contributed by atoms with Gasteiger partial charge in [0.2, 0.25) is 0 Å². The van der Waals surface area contributed by atoms with Crippen molar-refractivity contribution in [2.45, 2.75) is 19.4 Å². The molecule has 1 atom stereocenters. The first kappa shape index (κ1) is 9.00. The van der Waals surface area contributed by atoms with Crippen molar-refractivity contribution >= 4 is 5.69 Å². The molecule has 66 valence electrons. The van der Waals surface area contributed by atoms with Crippen LogP contribution in [0.25, 0.3) is 0 Å². The van der Waals surface area contributed by atoms with Gasteiger partial charge in [-0.15, -0.1) is 0 Å². The maximum absolute atomic E-state index is 12.7. The number of halogens is 1. The topological polar surface area (TPSA) is 52.0 Å². The van der Waals surface area contributed by atoms with Crippen molar-refractivity contribution in [1.29, 1.82) is 0 Å². The molecule has 1 aromatic rings. The maximum atomic E-state index is 12.7.